The molecule has 0 aliphatic rings. The molecule has 0 radical (unpaired) electrons. The third-order valence-corrected chi connectivity index (χ3v) is 5.10. The third kappa shape index (κ3) is 3.30. The van der Waals surface area contributed by atoms with Gasteiger partial charge in [-0.1, -0.05) is 66.4 Å². The highest BCUT2D eigenvalue weighted by molar-refractivity contribution is 7.98. The molecule has 3 aromatic carbocycles. The van der Waals surface area contributed by atoms with E-state index in [0.29, 0.717) is 10.6 Å². The second-order valence-electron chi connectivity index (χ2n) is 5.79. The van der Waals surface area contributed by atoms with Crippen LogP contribution in [-0.4, -0.2) is 10.2 Å². The lowest BCUT2D eigenvalue weighted by molar-refractivity contribution is 0.591. The van der Waals surface area contributed by atoms with Crippen molar-refractivity contribution in [3.8, 4) is 11.3 Å². The van der Waals surface area contributed by atoms with Crippen LogP contribution in [0.2, 0.25) is 0 Å². The predicted octanol–water partition coefficient (Wildman–Crippen LogP) is 5.87. The van der Waals surface area contributed by atoms with Gasteiger partial charge in [0.1, 0.15) is 22.4 Å². The summed E-state index contributed by atoms with van der Waals surface area (Å²) in [6.45, 7) is 0. The molecule has 0 bridgehead atoms. The van der Waals surface area contributed by atoms with Gasteiger partial charge < -0.3 is 0 Å². The van der Waals surface area contributed by atoms with E-state index >= 15 is 0 Å². The van der Waals surface area contributed by atoms with Gasteiger partial charge >= 0.3 is 0 Å². The Kier molecular flexibility index (Phi) is 4.63. The van der Waals surface area contributed by atoms with Crippen molar-refractivity contribution in [2.24, 2.45) is 0 Å². The number of benzene rings is 3. The van der Waals surface area contributed by atoms with Crippen LogP contribution in [-0.2, 0) is 5.75 Å². The number of hydrogen-bond donors (Lipinski definition) is 0. The first kappa shape index (κ1) is 16.7. The Morgan fingerprint density at radius 1 is 0.769 bits per heavy atom. The summed E-state index contributed by atoms with van der Waals surface area (Å²) in [7, 11) is 0. The zero-order valence-corrected chi connectivity index (χ0v) is 14.5. The Morgan fingerprint density at radius 3 is 2.31 bits per heavy atom. The lowest BCUT2D eigenvalue weighted by atomic mass is 10.1. The number of halogens is 2. The van der Waals surface area contributed by atoms with Crippen LogP contribution in [0.1, 0.15) is 5.56 Å². The van der Waals surface area contributed by atoms with Gasteiger partial charge in [-0.15, -0.1) is 10.2 Å². The van der Waals surface area contributed by atoms with E-state index in [4.69, 9.17) is 0 Å². The molecule has 0 unspecified atom stereocenters. The first-order chi connectivity index (χ1) is 12.7. The Morgan fingerprint density at radius 2 is 1.50 bits per heavy atom. The maximum atomic E-state index is 13.9. The van der Waals surface area contributed by atoms with E-state index in [1.807, 2.05) is 54.6 Å². The number of aromatic nitrogens is 2. The van der Waals surface area contributed by atoms with E-state index in [1.54, 1.807) is 0 Å². The van der Waals surface area contributed by atoms with Crippen molar-refractivity contribution in [3.63, 3.8) is 0 Å². The standard InChI is InChI=1S/C21H14F2N2S/c22-16-10-11-19(23)15(12-16)13-26-21-18-9-5-4-8-17(18)20(24-25-21)14-6-2-1-3-7-14/h1-12H,13H2. The SMILES string of the molecule is Fc1ccc(F)c(CSc2nnc(-c3ccccc3)c3ccccc23)c1. The van der Waals surface area contributed by atoms with Gasteiger partial charge in [-0.2, -0.15) is 0 Å². The molecule has 0 amide bonds. The van der Waals surface area contributed by atoms with Crippen molar-refractivity contribution < 1.29 is 8.78 Å². The van der Waals surface area contributed by atoms with Crippen molar-refractivity contribution in [2.45, 2.75) is 10.8 Å². The first-order valence-corrected chi connectivity index (χ1v) is 9.08. The molecule has 0 aliphatic carbocycles. The van der Waals surface area contributed by atoms with Crippen LogP contribution in [0.3, 0.4) is 0 Å². The van der Waals surface area contributed by atoms with E-state index in [-0.39, 0.29) is 5.75 Å². The van der Waals surface area contributed by atoms with Gasteiger partial charge in [0.05, 0.1) is 0 Å². The molecule has 0 aliphatic heterocycles. The summed E-state index contributed by atoms with van der Waals surface area (Å²) in [6.07, 6.45) is 0. The number of rotatable bonds is 4. The molecule has 5 heteroatoms. The van der Waals surface area contributed by atoms with Gasteiger partial charge in [0, 0.05) is 27.7 Å². The Labute approximate surface area is 153 Å². The molecule has 0 saturated heterocycles. The fourth-order valence-corrected chi connectivity index (χ4v) is 3.74. The Hall–Kier alpha value is -2.79. The molecule has 0 N–H and O–H groups in total. The summed E-state index contributed by atoms with van der Waals surface area (Å²) < 4.78 is 27.2. The van der Waals surface area contributed by atoms with Gasteiger partial charge in [0.25, 0.3) is 0 Å². The Balaban J connectivity index is 1.72. The minimum Gasteiger partial charge on any atom is -0.207 e. The highest BCUT2D eigenvalue weighted by atomic mass is 32.2. The average Bonchev–Trinajstić information content (AvgIpc) is 2.69. The van der Waals surface area contributed by atoms with Crippen molar-refractivity contribution >= 4 is 22.5 Å². The normalized spacial score (nSPS) is 11.0. The molecular formula is C21H14F2N2S. The zero-order chi connectivity index (χ0) is 17.9. The molecular weight excluding hydrogens is 350 g/mol. The number of hydrogen-bond acceptors (Lipinski definition) is 3. The van der Waals surface area contributed by atoms with Crippen LogP contribution < -0.4 is 0 Å². The van der Waals surface area contributed by atoms with Crippen LogP contribution in [0.5, 0.6) is 0 Å². The fraction of sp³-hybridized carbons (Fsp3) is 0.0476. The maximum absolute atomic E-state index is 13.9. The molecule has 0 saturated carbocycles. The van der Waals surface area contributed by atoms with Gasteiger partial charge in [-0.3, -0.25) is 0 Å². The van der Waals surface area contributed by atoms with Crippen LogP contribution in [0.15, 0.2) is 77.8 Å². The lowest BCUT2D eigenvalue weighted by Crippen LogP contribution is -1.95. The lowest BCUT2D eigenvalue weighted by Gasteiger charge is -2.09. The maximum Gasteiger partial charge on any atom is 0.127 e. The van der Waals surface area contributed by atoms with Gasteiger partial charge in [0.15, 0.2) is 0 Å². The molecule has 4 rings (SSSR count). The summed E-state index contributed by atoms with van der Waals surface area (Å²) in [5, 5.41) is 11.4. The third-order valence-electron chi connectivity index (χ3n) is 4.07. The summed E-state index contributed by atoms with van der Waals surface area (Å²) in [5.41, 5.74) is 2.11. The van der Waals surface area contributed by atoms with Crippen molar-refractivity contribution in [3.05, 3.63) is 90.0 Å². The second-order valence-corrected chi connectivity index (χ2v) is 6.75. The first-order valence-electron chi connectivity index (χ1n) is 8.10. The van der Waals surface area contributed by atoms with Crippen molar-refractivity contribution in [1.82, 2.24) is 10.2 Å². The molecule has 4 aromatic rings. The van der Waals surface area contributed by atoms with E-state index in [0.717, 1.165) is 34.2 Å². The average molecular weight is 364 g/mol. The highest BCUT2D eigenvalue weighted by Crippen LogP contribution is 2.33. The molecule has 0 atom stereocenters. The van der Waals surface area contributed by atoms with E-state index in [9.17, 15) is 8.78 Å². The fourth-order valence-electron chi connectivity index (χ4n) is 2.80. The summed E-state index contributed by atoms with van der Waals surface area (Å²) in [6, 6.07) is 21.2. The van der Waals surface area contributed by atoms with Crippen molar-refractivity contribution in [1.29, 1.82) is 0 Å². The summed E-state index contributed by atoms with van der Waals surface area (Å²) in [5.74, 6) is -0.582. The number of nitrogens with zero attached hydrogens (tertiary/aromatic N) is 2. The minimum atomic E-state index is -0.447. The predicted molar refractivity (Wildman–Crippen MR) is 101 cm³/mol. The molecule has 1 aromatic heterocycles. The van der Waals surface area contributed by atoms with Gasteiger partial charge in [-0.05, 0) is 18.2 Å². The van der Waals surface area contributed by atoms with E-state index in [1.165, 1.54) is 17.8 Å². The molecule has 0 fully saturated rings. The molecule has 128 valence electrons. The van der Waals surface area contributed by atoms with Crippen LogP contribution in [0, 0.1) is 11.6 Å². The van der Waals surface area contributed by atoms with E-state index < -0.39 is 11.6 Å². The zero-order valence-electron chi connectivity index (χ0n) is 13.7. The van der Waals surface area contributed by atoms with Crippen LogP contribution in [0.4, 0.5) is 8.78 Å². The van der Waals surface area contributed by atoms with Crippen molar-refractivity contribution in [2.75, 3.05) is 0 Å². The summed E-state index contributed by atoms with van der Waals surface area (Å²) in [4.78, 5) is 0. The number of thioether (sulfide) groups is 1. The molecule has 1 heterocycles. The summed E-state index contributed by atoms with van der Waals surface area (Å²) >= 11 is 1.35. The monoisotopic (exact) mass is 364 g/mol. The second kappa shape index (κ2) is 7.22. The highest BCUT2D eigenvalue weighted by Gasteiger charge is 2.12. The minimum absolute atomic E-state index is 0.285. The van der Waals surface area contributed by atoms with E-state index in [2.05, 4.69) is 10.2 Å². The molecule has 2 nitrogen and oxygen atoms in total. The van der Waals surface area contributed by atoms with Gasteiger partial charge in [0.2, 0.25) is 0 Å². The topological polar surface area (TPSA) is 25.8 Å². The van der Waals surface area contributed by atoms with Gasteiger partial charge in [-0.25, -0.2) is 8.78 Å². The molecule has 26 heavy (non-hydrogen) atoms. The smallest absolute Gasteiger partial charge is 0.127 e. The van der Waals surface area contributed by atoms with Crippen LogP contribution >= 0.6 is 11.8 Å². The largest absolute Gasteiger partial charge is 0.207 e. The quantitative estimate of drug-likeness (QED) is 0.424. The van der Waals surface area contributed by atoms with Crippen LogP contribution in [0.25, 0.3) is 22.0 Å². The Bertz CT molecular complexity index is 1070. The molecule has 0 spiro atoms. The number of fused-ring (bicyclic) bond motifs is 1.